The number of hydrogen-bond donors (Lipinski definition) is 0. The van der Waals surface area contributed by atoms with E-state index in [1.54, 1.807) is 19.1 Å². The van der Waals surface area contributed by atoms with Crippen molar-refractivity contribution in [3.05, 3.63) is 33.3 Å². The van der Waals surface area contributed by atoms with Gasteiger partial charge in [-0.25, -0.2) is 4.79 Å². The second-order valence-electron chi connectivity index (χ2n) is 2.97. The molecule has 0 aliphatic heterocycles. The minimum atomic E-state index is -0.460. The molecule has 0 unspecified atom stereocenters. The van der Waals surface area contributed by atoms with Crippen molar-refractivity contribution >= 4 is 33.5 Å². The average Bonchev–Trinajstić information content (AvgIpc) is 2.29. The minimum Gasteiger partial charge on any atom is -0.462 e. The number of carbonyl (C=O) groups is 1. The van der Waals surface area contributed by atoms with Crippen molar-refractivity contribution in [1.82, 2.24) is 0 Å². The SMILES string of the molecule is CCOC(=O)c1cc(CCl)cc(C#N)c1Br. The van der Waals surface area contributed by atoms with Crippen molar-refractivity contribution in [2.75, 3.05) is 6.61 Å². The molecular formula is C11H9BrClNO2. The summed E-state index contributed by atoms with van der Waals surface area (Å²) < 4.78 is 5.33. The van der Waals surface area contributed by atoms with Crippen LogP contribution in [0.5, 0.6) is 0 Å². The van der Waals surface area contributed by atoms with Crippen LogP contribution >= 0.6 is 27.5 Å². The van der Waals surface area contributed by atoms with Gasteiger partial charge in [0.25, 0.3) is 0 Å². The van der Waals surface area contributed by atoms with E-state index in [0.717, 1.165) is 0 Å². The molecule has 0 N–H and O–H groups in total. The largest absolute Gasteiger partial charge is 0.462 e. The van der Waals surface area contributed by atoms with Crippen LogP contribution in [0.3, 0.4) is 0 Å². The van der Waals surface area contributed by atoms with Crippen molar-refractivity contribution in [1.29, 1.82) is 5.26 Å². The zero-order valence-corrected chi connectivity index (χ0v) is 10.9. The molecule has 84 valence electrons. The Balaban J connectivity index is 3.27. The Kier molecular flexibility index (Phi) is 4.78. The molecule has 0 bridgehead atoms. The van der Waals surface area contributed by atoms with E-state index in [9.17, 15) is 4.79 Å². The third-order valence-corrected chi connectivity index (χ3v) is 3.07. The molecule has 16 heavy (non-hydrogen) atoms. The highest BCUT2D eigenvalue weighted by Crippen LogP contribution is 2.25. The number of halogens is 2. The monoisotopic (exact) mass is 301 g/mol. The maximum absolute atomic E-state index is 11.6. The van der Waals surface area contributed by atoms with Gasteiger partial charge in [-0.1, -0.05) is 0 Å². The van der Waals surface area contributed by atoms with E-state index < -0.39 is 5.97 Å². The molecule has 1 aromatic rings. The van der Waals surface area contributed by atoms with E-state index >= 15 is 0 Å². The van der Waals surface area contributed by atoms with Crippen LogP contribution in [0.25, 0.3) is 0 Å². The molecule has 0 atom stereocenters. The lowest BCUT2D eigenvalue weighted by Gasteiger charge is -2.07. The maximum atomic E-state index is 11.6. The third-order valence-electron chi connectivity index (χ3n) is 1.90. The lowest BCUT2D eigenvalue weighted by atomic mass is 10.1. The first-order valence-electron chi connectivity index (χ1n) is 4.59. The Labute approximate surface area is 107 Å². The number of benzene rings is 1. The highest BCUT2D eigenvalue weighted by Gasteiger charge is 2.15. The van der Waals surface area contributed by atoms with Gasteiger partial charge < -0.3 is 4.74 Å². The van der Waals surface area contributed by atoms with Gasteiger partial charge in [-0.15, -0.1) is 11.6 Å². The highest BCUT2D eigenvalue weighted by atomic mass is 79.9. The van der Waals surface area contributed by atoms with Crippen LogP contribution in [0.4, 0.5) is 0 Å². The van der Waals surface area contributed by atoms with Crippen LogP contribution in [0.2, 0.25) is 0 Å². The fourth-order valence-corrected chi connectivity index (χ4v) is 1.83. The van der Waals surface area contributed by atoms with E-state index in [0.29, 0.717) is 21.2 Å². The van der Waals surface area contributed by atoms with E-state index in [1.807, 2.05) is 6.07 Å². The van der Waals surface area contributed by atoms with Crippen LogP contribution in [-0.2, 0) is 10.6 Å². The lowest BCUT2D eigenvalue weighted by molar-refractivity contribution is 0.0525. The number of hydrogen-bond acceptors (Lipinski definition) is 3. The van der Waals surface area contributed by atoms with Gasteiger partial charge in [0.15, 0.2) is 0 Å². The highest BCUT2D eigenvalue weighted by molar-refractivity contribution is 9.10. The molecule has 5 heteroatoms. The Bertz CT molecular complexity index is 454. The Morgan fingerprint density at radius 3 is 2.81 bits per heavy atom. The van der Waals surface area contributed by atoms with Gasteiger partial charge in [-0.3, -0.25) is 0 Å². The number of carbonyl (C=O) groups excluding carboxylic acids is 1. The number of alkyl halides is 1. The van der Waals surface area contributed by atoms with Gasteiger partial charge in [0.2, 0.25) is 0 Å². The Morgan fingerprint density at radius 1 is 1.62 bits per heavy atom. The fraction of sp³-hybridized carbons (Fsp3) is 0.273. The quantitative estimate of drug-likeness (QED) is 0.636. The van der Waals surface area contributed by atoms with Crippen LogP contribution in [0.15, 0.2) is 16.6 Å². The van der Waals surface area contributed by atoms with Gasteiger partial charge in [0, 0.05) is 10.4 Å². The molecular weight excluding hydrogens is 293 g/mol. The summed E-state index contributed by atoms with van der Waals surface area (Å²) in [5.41, 5.74) is 1.42. The number of nitrogens with zero attached hydrogens (tertiary/aromatic N) is 1. The van der Waals surface area contributed by atoms with E-state index in [1.165, 1.54) is 0 Å². The summed E-state index contributed by atoms with van der Waals surface area (Å²) in [4.78, 5) is 11.6. The van der Waals surface area contributed by atoms with Crippen molar-refractivity contribution in [2.45, 2.75) is 12.8 Å². The number of rotatable bonds is 3. The molecule has 0 saturated carbocycles. The summed E-state index contributed by atoms with van der Waals surface area (Å²) in [5, 5.41) is 8.90. The van der Waals surface area contributed by atoms with Crippen LogP contribution in [0.1, 0.15) is 28.4 Å². The summed E-state index contributed by atoms with van der Waals surface area (Å²) >= 11 is 8.89. The first kappa shape index (κ1) is 13.0. The number of ether oxygens (including phenoxy) is 1. The molecule has 0 heterocycles. The van der Waals surface area contributed by atoms with Gasteiger partial charge in [0.1, 0.15) is 6.07 Å². The summed E-state index contributed by atoms with van der Waals surface area (Å²) in [5.74, 6) is -0.216. The Hall–Kier alpha value is -1.05. The molecule has 0 aliphatic carbocycles. The summed E-state index contributed by atoms with van der Waals surface area (Å²) in [7, 11) is 0. The van der Waals surface area contributed by atoms with Gasteiger partial charge in [-0.05, 0) is 40.5 Å². The predicted octanol–water partition coefficient (Wildman–Crippen LogP) is 3.24. The van der Waals surface area contributed by atoms with Crippen molar-refractivity contribution in [3.8, 4) is 6.07 Å². The minimum absolute atomic E-state index is 0.244. The number of esters is 1. The van der Waals surface area contributed by atoms with Gasteiger partial charge >= 0.3 is 5.97 Å². The standard InChI is InChI=1S/C11H9BrClNO2/c1-2-16-11(15)9-4-7(5-13)3-8(6-14)10(9)12/h3-4H,2,5H2,1H3. The Morgan fingerprint density at radius 2 is 2.31 bits per heavy atom. The summed E-state index contributed by atoms with van der Waals surface area (Å²) in [6, 6.07) is 5.25. The molecule has 0 aliphatic rings. The molecule has 0 spiro atoms. The van der Waals surface area contributed by atoms with Crippen molar-refractivity contribution in [3.63, 3.8) is 0 Å². The van der Waals surface area contributed by atoms with Gasteiger partial charge in [-0.2, -0.15) is 5.26 Å². The smallest absolute Gasteiger partial charge is 0.339 e. The zero-order chi connectivity index (χ0) is 12.1. The second kappa shape index (κ2) is 5.88. The molecule has 0 radical (unpaired) electrons. The van der Waals surface area contributed by atoms with Gasteiger partial charge in [0.05, 0.1) is 17.7 Å². The average molecular weight is 303 g/mol. The van der Waals surface area contributed by atoms with E-state index in [2.05, 4.69) is 15.9 Å². The summed E-state index contributed by atoms with van der Waals surface area (Å²) in [6.07, 6.45) is 0. The third kappa shape index (κ3) is 2.75. The predicted molar refractivity (Wildman–Crippen MR) is 64.4 cm³/mol. The summed E-state index contributed by atoms with van der Waals surface area (Å²) in [6.45, 7) is 2.01. The molecule has 0 fully saturated rings. The topological polar surface area (TPSA) is 50.1 Å². The number of nitriles is 1. The van der Waals surface area contributed by atoms with E-state index in [4.69, 9.17) is 21.6 Å². The van der Waals surface area contributed by atoms with E-state index in [-0.39, 0.29) is 12.5 Å². The van der Waals surface area contributed by atoms with Crippen LogP contribution < -0.4 is 0 Å². The normalized spacial score (nSPS) is 9.62. The lowest BCUT2D eigenvalue weighted by Crippen LogP contribution is -2.07. The van der Waals surface area contributed by atoms with Crippen LogP contribution in [0, 0.1) is 11.3 Å². The molecule has 1 aromatic carbocycles. The van der Waals surface area contributed by atoms with Crippen molar-refractivity contribution in [2.24, 2.45) is 0 Å². The zero-order valence-electron chi connectivity index (χ0n) is 8.59. The molecule has 0 aromatic heterocycles. The molecule has 1 rings (SSSR count). The van der Waals surface area contributed by atoms with Crippen LogP contribution in [-0.4, -0.2) is 12.6 Å². The first-order chi connectivity index (χ1) is 7.63. The van der Waals surface area contributed by atoms with Crippen molar-refractivity contribution < 1.29 is 9.53 Å². The molecule has 0 saturated heterocycles. The molecule has 0 amide bonds. The first-order valence-corrected chi connectivity index (χ1v) is 5.92. The second-order valence-corrected chi connectivity index (χ2v) is 4.03. The molecule has 3 nitrogen and oxygen atoms in total. The fourth-order valence-electron chi connectivity index (χ4n) is 1.20. The maximum Gasteiger partial charge on any atom is 0.339 e.